The highest BCUT2D eigenvalue weighted by Gasteiger charge is 1.91. The van der Waals surface area contributed by atoms with Crippen molar-refractivity contribution in [1.29, 1.82) is 0 Å². The molecule has 0 aliphatic rings. The molecule has 0 saturated carbocycles. The van der Waals surface area contributed by atoms with Gasteiger partial charge in [-0.15, -0.1) is 0 Å². The number of hydrogen-bond acceptors (Lipinski definition) is 3. The number of nitrogens with zero attached hydrogens (tertiary/aromatic N) is 2. The fourth-order valence-electron chi connectivity index (χ4n) is 0.328. The second-order valence-corrected chi connectivity index (χ2v) is 2.21. The molecule has 1 aromatic heterocycles. The van der Waals surface area contributed by atoms with E-state index in [-0.39, 0.29) is 0 Å². The van der Waals surface area contributed by atoms with Gasteiger partial charge in [0.05, 0.1) is 6.20 Å². The lowest BCUT2D eigenvalue weighted by Crippen LogP contribution is -1.70. The van der Waals surface area contributed by atoms with E-state index in [1.807, 2.05) is 0 Å². The number of halogens is 1. The molecule has 0 radical (unpaired) electrons. The third-order valence-electron chi connectivity index (χ3n) is 0.623. The molecule has 0 unspecified atom stereocenters. The van der Waals surface area contributed by atoms with Crippen LogP contribution in [0.4, 0.5) is 4.39 Å². The molecule has 2 nitrogen and oxygen atoms in total. The Kier molecular flexibility index (Phi) is 1.80. The molecule has 0 aromatic carbocycles. The van der Waals surface area contributed by atoms with Gasteiger partial charge in [-0.3, -0.25) is 3.97 Å². The maximum absolute atomic E-state index is 11.9. The van der Waals surface area contributed by atoms with E-state index in [0.717, 1.165) is 11.0 Å². The molecular formula is C3H3FN2S2. The van der Waals surface area contributed by atoms with E-state index >= 15 is 0 Å². The van der Waals surface area contributed by atoms with Crippen LogP contribution in [-0.4, -0.2) is 8.96 Å². The number of rotatable bonds is 1. The Morgan fingerprint density at radius 1 is 1.88 bits per heavy atom. The molecular weight excluding hydrogens is 147 g/mol. The van der Waals surface area contributed by atoms with Gasteiger partial charge in [-0.2, -0.15) is 4.39 Å². The minimum absolute atomic E-state index is 0.480. The van der Waals surface area contributed by atoms with Crippen molar-refractivity contribution in [2.24, 2.45) is 0 Å². The van der Waals surface area contributed by atoms with Gasteiger partial charge in [0.15, 0.2) is 0 Å². The van der Waals surface area contributed by atoms with E-state index in [2.05, 4.69) is 16.6 Å². The molecule has 44 valence electrons. The van der Waals surface area contributed by atoms with Crippen LogP contribution in [-0.2, 0) is 0 Å². The van der Waals surface area contributed by atoms with Crippen LogP contribution in [0.3, 0.4) is 0 Å². The summed E-state index contributed by atoms with van der Waals surface area (Å²) in [4.78, 5) is 3.31. The fraction of sp³-hybridized carbons (Fsp3) is 0. The van der Waals surface area contributed by atoms with Gasteiger partial charge in [0.25, 0.3) is 0 Å². The Hall–Kier alpha value is -0.160. The lowest BCUT2D eigenvalue weighted by molar-refractivity contribution is 0.590. The van der Waals surface area contributed by atoms with E-state index < -0.39 is 5.95 Å². The summed E-state index contributed by atoms with van der Waals surface area (Å²) in [6, 6.07) is 0. The predicted octanol–water partition coefficient (Wildman–Crippen LogP) is 1.36. The van der Waals surface area contributed by atoms with Crippen molar-refractivity contribution in [3.63, 3.8) is 0 Å². The molecule has 0 amide bonds. The molecule has 8 heavy (non-hydrogen) atoms. The minimum Gasteiger partial charge on any atom is -0.268 e. The van der Waals surface area contributed by atoms with E-state index in [1.54, 1.807) is 0 Å². The standard InChI is InChI=1S/C3H3FN2S2/c4-3-1-6(8-7)2-5-3/h1-2,7H. The number of thiol groups is 1. The molecule has 0 N–H and O–H groups in total. The van der Waals surface area contributed by atoms with Crippen LogP contribution in [0, 0.1) is 5.95 Å². The van der Waals surface area contributed by atoms with Gasteiger partial charge in [-0.1, -0.05) is 11.7 Å². The van der Waals surface area contributed by atoms with Crippen molar-refractivity contribution in [2.75, 3.05) is 0 Å². The molecule has 0 saturated heterocycles. The molecule has 0 fully saturated rings. The minimum atomic E-state index is -0.480. The van der Waals surface area contributed by atoms with Gasteiger partial charge in [-0.25, -0.2) is 4.98 Å². The molecule has 1 rings (SSSR count). The largest absolute Gasteiger partial charge is 0.268 e. The summed E-state index contributed by atoms with van der Waals surface area (Å²) in [5.41, 5.74) is 0. The maximum atomic E-state index is 11.9. The third kappa shape index (κ3) is 1.16. The van der Waals surface area contributed by atoms with Crippen LogP contribution in [0.5, 0.6) is 0 Å². The second kappa shape index (κ2) is 2.41. The Bertz CT molecular complexity index is 176. The molecule has 0 aliphatic carbocycles. The van der Waals surface area contributed by atoms with Crippen LogP contribution in [0.1, 0.15) is 0 Å². The molecule has 1 aromatic rings. The summed E-state index contributed by atoms with van der Waals surface area (Å²) >= 11 is 3.80. The molecule has 0 aliphatic heterocycles. The predicted molar refractivity (Wildman–Crippen MR) is 34.2 cm³/mol. The van der Waals surface area contributed by atoms with Crippen molar-refractivity contribution >= 4 is 22.6 Å². The third-order valence-corrected chi connectivity index (χ3v) is 1.58. The van der Waals surface area contributed by atoms with Crippen molar-refractivity contribution in [2.45, 2.75) is 0 Å². The van der Waals surface area contributed by atoms with Gasteiger partial charge < -0.3 is 0 Å². The first kappa shape index (κ1) is 5.97. The topological polar surface area (TPSA) is 17.8 Å². The lowest BCUT2D eigenvalue weighted by atomic mass is 10.9. The molecule has 0 bridgehead atoms. The van der Waals surface area contributed by atoms with Crippen molar-refractivity contribution in [1.82, 2.24) is 8.96 Å². The quantitative estimate of drug-likeness (QED) is 0.481. The zero-order chi connectivity index (χ0) is 5.98. The summed E-state index contributed by atoms with van der Waals surface area (Å²) in [6.45, 7) is 0. The van der Waals surface area contributed by atoms with E-state index in [9.17, 15) is 4.39 Å². The Morgan fingerprint density at radius 2 is 2.62 bits per heavy atom. The first-order valence-electron chi connectivity index (χ1n) is 1.84. The monoisotopic (exact) mass is 150 g/mol. The highest BCUT2D eigenvalue weighted by molar-refractivity contribution is 8.67. The molecule has 0 atom stereocenters. The van der Waals surface area contributed by atoms with Crippen LogP contribution < -0.4 is 0 Å². The average molecular weight is 150 g/mol. The zero-order valence-electron chi connectivity index (χ0n) is 3.78. The van der Waals surface area contributed by atoms with Crippen molar-refractivity contribution < 1.29 is 4.39 Å². The van der Waals surface area contributed by atoms with Crippen LogP contribution in [0.2, 0.25) is 0 Å². The number of aromatic nitrogens is 2. The molecule has 1 heterocycles. The lowest BCUT2D eigenvalue weighted by Gasteiger charge is -1.84. The summed E-state index contributed by atoms with van der Waals surface area (Å²) < 4.78 is 13.4. The highest BCUT2D eigenvalue weighted by Crippen LogP contribution is 2.08. The fourth-order valence-corrected chi connectivity index (χ4v) is 0.820. The average Bonchev–Trinajstić information content (AvgIpc) is 2.14. The smallest absolute Gasteiger partial charge is 0.231 e. The van der Waals surface area contributed by atoms with Crippen LogP contribution in [0.15, 0.2) is 12.5 Å². The Morgan fingerprint density at radius 3 is 2.88 bits per heavy atom. The Labute approximate surface area is 55.0 Å². The zero-order valence-corrected chi connectivity index (χ0v) is 5.49. The Balaban J connectivity index is 2.84. The van der Waals surface area contributed by atoms with Gasteiger partial charge >= 0.3 is 0 Å². The molecule has 0 spiro atoms. The highest BCUT2D eigenvalue weighted by atomic mass is 33.1. The van der Waals surface area contributed by atoms with Crippen molar-refractivity contribution in [3.05, 3.63) is 18.5 Å². The normalized spacial score (nSPS) is 9.75. The number of imidazole rings is 1. The maximum Gasteiger partial charge on any atom is 0.231 e. The number of hydrogen-bond donors (Lipinski definition) is 1. The molecule has 5 heteroatoms. The van der Waals surface area contributed by atoms with Crippen molar-refractivity contribution in [3.8, 4) is 0 Å². The summed E-state index contributed by atoms with van der Waals surface area (Å²) in [7, 11) is 1.10. The second-order valence-electron chi connectivity index (χ2n) is 1.14. The van der Waals surface area contributed by atoms with E-state index in [0.29, 0.717) is 0 Å². The van der Waals surface area contributed by atoms with Gasteiger partial charge in [0, 0.05) is 11.0 Å². The van der Waals surface area contributed by atoms with E-state index in [1.165, 1.54) is 16.5 Å². The van der Waals surface area contributed by atoms with E-state index in [4.69, 9.17) is 0 Å². The van der Waals surface area contributed by atoms with Crippen LogP contribution in [0.25, 0.3) is 0 Å². The summed E-state index contributed by atoms with van der Waals surface area (Å²) in [5.74, 6) is -0.480. The first-order valence-corrected chi connectivity index (χ1v) is 3.67. The van der Waals surface area contributed by atoms with Gasteiger partial charge in [-0.05, 0) is 0 Å². The van der Waals surface area contributed by atoms with Crippen LogP contribution >= 0.6 is 22.6 Å². The SMILES string of the molecule is Fc1cn(SS)cn1. The van der Waals surface area contributed by atoms with Gasteiger partial charge in [0.2, 0.25) is 5.95 Å². The summed E-state index contributed by atoms with van der Waals surface area (Å²) in [5, 5.41) is 0. The van der Waals surface area contributed by atoms with Gasteiger partial charge in [0.1, 0.15) is 6.33 Å². The first-order chi connectivity index (χ1) is 3.83. The summed E-state index contributed by atoms with van der Waals surface area (Å²) in [6.07, 6.45) is 2.60.